The summed E-state index contributed by atoms with van der Waals surface area (Å²) in [4.78, 5) is 29.8. The molecule has 0 aromatic carbocycles. The fourth-order valence-corrected chi connectivity index (χ4v) is 3.40. The molecule has 0 bridgehead atoms. The van der Waals surface area contributed by atoms with Crippen molar-refractivity contribution in [1.29, 1.82) is 0 Å². The molecule has 138 valence electrons. The zero-order chi connectivity index (χ0) is 18.4. The van der Waals surface area contributed by atoms with Crippen LogP contribution in [0.25, 0.3) is 0 Å². The minimum Gasteiger partial charge on any atom is -0.343 e. The zero-order valence-corrected chi connectivity index (χ0v) is 15.6. The number of carbonyl (C=O) groups is 1. The Balaban J connectivity index is 1.42. The van der Waals surface area contributed by atoms with E-state index in [9.17, 15) is 4.79 Å². The van der Waals surface area contributed by atoms with Crippen LogP contribution < -0.4 is 0 Å². The van der Waals surface area contributed by atoms with Crippen LogP contribution in [0.5, 0.6) is 0 Å². The van der Waals surface area contributed by atoms with Gasteiger partial charge in [0.2, 0.25) is 5.91 Å². The van der Waals surface area contributed by atoms with Crippen LogP contribution in [0.2, 0.25) is 0 Å². The molecule has 1 saturated heterocycles. The van der Waals surface area contributed by atoms with Gasteiger partial charge >= 0.3 is 0 Å². The van der Waals surface area contributed by atoms with E-state index in [-0.39, 0.29) is 5.91 Å². The molecular formula is C20H27N5O. The van der Waals surface area contributed by atoms with Gasteiger partial charge in [-0.1, -0.05) is 6.07 Å². The third kappa shape index (κ3) is 5.08. The number of likely N-dealkylation sites (tertiary alicyclic amines) is 1. The van der Waals surface area contributed by atoms with Gasteiger partial charge in [-0.15, -0.1) is 0 Å². The fourth-order valence-electron chi connectivity index (χ4n) is 3.40. The van der Waals surface area contributed by atoms with Gasteiger partial charge in [0.05, 0.1) is 17.1 Å². The second kappa shape index (κ2) is 8.85. The highest BCUT2D eigenvalue weighted by Gasteiger charge is 2.24. The minimum absolute atomic E-state index is 0.242. The molecule has 6 nitrogen and oxygen atoms in total. The number of aryl methyl sites for hydroxylation is 1. The lowest BCUT2D eigenvalue weighted by atomic mass is 9.93. The summed E-state index contributed by atoms with van der Waals surface area (Å²) < 4.78 is 0. The lowest BCUT2D eigenvalue weighted by Crippen LogP contribution is -2.39. The second-order valence-corrected chi connectivity index (χ2v) is 7.05. The summed E-state index contributed by atoms with van der Waals surface area (Å²) in [6, 6.07) is 5.92. The Hall–Kier alpha value is -2.34. The molecule has 3 rings (SSSR count). The standard InChI is InChI=1S/C20H27N5O/c1-16-13-21-14-19(23-16)17-6-11-25(12-7-17)20(26)8-10-24(2)15-18-5-3-4-9-22-18/h3-5,9,13-14,17H,6-8,10-12,15H2,1-2H3. The maximum atomic E-state index is 12.5. The van der Waals surface area contributed by atoms with Gasteiger partial charge in [0.1, 0.15) is 0 Å². The summed E-state index contributed by atoms with van der Waals surface area (Å²) in [5.74, 6) is 0.657. The molecular weight excluding hydrogens is 326 g/mol. The van der Waals surface area contributed by atoms with Crippen LogP contribution in [0.3, 0.4) is 0 Å². The number of rotatable bonds is 6. The molecule has 26 heavy (non-hydrogen) atoms. The zero-order valence-electron chi connectivity index (χ0n) is 15.6. The molecule has 1 aliphatic heterocycles. The van der Waals surface area contributed by atoms with Crippen molar-refractivity contribution in [2.75, 3.05) is 26.7 Å². The third-order valence-corrected chi connectivity index (χ3v) is 4.91. The SMILES string of the molecule is Cc1cncc(C2CCN(C(=O)CCN(C)Cc3ccccn3)CC2)n1. The van der Waals surface area contributed by atoms with Crippen molar-refractivity contribution in [2.45, 2.75) is 38.6 Å². The highest BCUT2D eigenvalue weighted by molar-refractivity contribution is 5.76. The lowest BCUT2D eigenvalue weighted by molar-refractivity contribution is -0.132. The Morgan fingerprint density at radius 1 is 1.27 bits per heavy atom. The normalized spacial score (nSPS) is 15.4. The van der Waals surface area contributed by atoms with E-state index < -0.39 is 0 Å². The maximum Gasteiger partial charge on any atom is 0.223 e. The van der Waals surface area contributed by atoms with Crippen molar-refractivity contribution in [3.8, 4) is 0 Å². The molecule has 1 aliphatic rings. The summed E-state index contributed by atoms with van der Waals surface area (Å²) in [7, 11) is 2.03. The van der Waals surface area contributed by atoms with E-state index in [0.29, 0.717) is 12.3 Å². The smallest absolute Gasteiger partial charge is 0.223 e. The fraction of sp³-hybridized carbons (Fsp3) is 0.500. The first-order valence-electron chi connectivity index (χ1n) is 9.26. The molecule has 6 heteroatoms. The predicted molar refractivity (Wildman–Crippen MR) is 101 cm³/mol. The van der Waals surface area contributed by atoms with Gasteiger partial charge < -0.3 is 9.80 Å². The number of amides is 1. The molecule has 1 amide bonds. The van der Waals surface area contributed by atoms with E-state index >= 15 is 0 Å². The van der Waals surface area contributed by atoms with Gasteiger partial charge in [-0.25, -0.2) is 0 Å². The highest BCUT2D eigenvalue weighted by atomic mass is 16.2. The van der Waals surface area contributed by atoms with Crippen molar-refractivity contribution in [3.63, 3.8) is 0 Å². The second-order valence-electron chi connectivity index (χ2n) is 7.05. The summed E-state index contributed by atoms with van der Waals surface area (Å²) in [6.45, 7) is 5.10. The Morgan fingerprint density at radius 3 is 2.77 bits per heavy atom. The van der Waals surface area contributed by atoms with Crippen molar-refractivity contribution >= 4 is 5.91 Å². The molecule has 3 heterocycles. The molecule has 0 N–H and O–H groups in total. The molecule has 0 radical (unpaired) electrons. The van der Waals surface area contributed by atoms with Crippen molar-refractivity contribution in [1.82, 2.24) is 24.8 Å². The van der Waals surface area contributed by atoms with Crippen LogP contribution in [-0.4, -0.2) is 57.3 Å². The quantitative estimate of drug-likeness (QED) is 0.798. The van der Waals surface area contributed by atoms with Crippen LogP contribution in [0, 0.1) is 6.92 Å². The van der Waals surface area contributed by atoms with Crippen molar-refractivity contribution in [3.05, 3.63) is 53.9 Å². The first kappa shape index (κ1) is 18.5. The first-order valence-corrected chi connectivity index (χ1v) is 9.26. The molecule has 1 fully saturated rings. The molecule has 0 atom stereocenters. The topological polar surface area (TPSA) is 62.2 Å². The van der Waals surface area contributed by atoms with Gasteiger partial charge in [-0.2, -0.15) is 0 Å². The molecule has 0 spiro atoms. The first-order chi connectivity index (χ1) is 12.6. The van der Waals surface area contributed by atoms with Crippen molar-refractivity contribution < 1.29 is 4.79 Å². The van der Waals surface area contributed by atoms with E-state index in [1.165, 1.54) is 0 Å². The van der Waals surface area contributed by atoms with Crippen LogP contribution >= 0.6 is 0 Å². The Bertz CT molecular complexity index is 713. The van der Waals surface area contributed by atoms with Crippen LogP contribution in [0.15, 0.2) is 36.8 Å². The summed E-state index contributed by atoms with van der Waals surface area (Å²) in [5.41, 5.74) is 3.05. The van der Waals surface area contributed by atoms with E-state index in [0.717, 1.165) is 56.1 Å². The van der Waals surface area contributed by atoms with Crippen LogP contribution in [0.1, 0.15) is 42.3 Å². The number of hydrogen-bond donors (Lipinski definition) is 0. The average molecular weight is 353 g/mol. The van der Waals surface area contributed by atoms with Gasteiger partial charge in [0.15, 0.2) is 0 Å². The average Bonchev–Trinajstić information content (AvgIpc) is 2.67. The van der Waals surface area contributed by atoms with Crippen LogP contribution in [-0.2, 0) is 11.3 Å². The number of piperidine rings is 1. The number of carbonyl (C=O) groups excluding carboxylic acids is 1. The highest BCUT2D eigenvalue weighted by Crippen LogP contribution is 2.26. The maximum absolute atomic E-state index is 12.5. The largest absolute Gasteiger partial charge is 0.343 e. The van der Waals surface area contributed by atoms with Crippen molar-refractivity contribution in [2.24, 2.45) is 0 Å². The minimum atomic E-state index is 0.242. The van der Waals surface area contributed by atoms with Gasteiger partial charge in [-0.05, 0) is 38.9 Å². The molecule has 2 aromatic rings. The van der Waals surface area contributed by atoms with Gasteiger partial charge in [0, 0.05) is 57.1 Å². The van der Waals surface area contributed by atoms with Gasteiger partial charge in [0.25, 0.3) is 0 Å². The Labute approximate surface area is 155 Å². The number of aromatic nitrogens is 3. The van der Waals surface area contributed by atoms with Gasteiger partial charge in [-0.3, -0.25) is 19.7 Å². The summed E-state index contributed by atoms with van der Waals surface area (Å²) in [6.07, 6.45) is 7.93. The molecule has 2 aromatic heterocycles. The predicted octanol–water partition coefficient (Wildman–Crippen LogP) is 2.41. The third-order valence-electron chi connectivity index (χ3n) is 4.91. The van der Waals surface area contributed by atoms with E-state index in [1.807, 2.05) is 43.3 Å². The van der Waals surface area contributed by atoms with E-state index in [1.54, 1.807) is 12.4 Å². The Kier molecular flexibility index (Phi) is 6.28. The number of pyridine rings is 1. The van der Waals surface area contributed by atoms with E-state index in [2.05, 4.69) is 19.9 Å². The summed E-state index contributed by atoms with van der Waals surface area (Å²) >= 11 is 0. The molecule has 0 unspecified atom stereocenters. The monoisotopic (exact) mass is 353 g/mol. The Morgan fingerprint density at radius 2 is 2.08 bits per heavy atom. The number of hydrogen-bond acceptors (Lipinski definition) is 5. The molecule has 0 aliphatic carbocycles. The molecule has 0 saturated carbocycles. The van der Waals surface area contributed by atoms with E-state index in [4.69, 9.17) is 0 Å². The summed E-state index contributed by atoms with van der Waals surface area (Å²) in [5, 5.41) is 0. The number of nitrogens with zero attached hydrogens (tertiary/aromatic N) is 5. The van der Waals surface area contributed by atoms with Crippen LogP contribution in [0.4, 0.5) is 0 Å². The lowest BCUT2D eigenvalue weighted by Gasteiger charge is -2.32.